The summed E-state index contributed by atoms with van der Waals surface area (Å²) < 4.78 is 24.9. The first-order valence-corrected chi connectivity index (χ1v) is 16.5. The van der Waals surface area contributed by atoms with Gasteiger partial charge in [-0.25, -0.2) is 0 Å². The lowest BCUT2D eigenvalue weighted by Crippen LogP contribution is -2.59. The highest BCUT2D eigenvalue weighted by atomic mass is 16.7. The van der Waals surface area contributed by atoms with E-state index in [-0.39, 0.29) is 29.8 Å². The molecule has 0 aliphatic carbocycles. The largest absolute Gasteiger partial charge is 0.460 e. The molecule has 3 heterocycles. The van der Waals surface area contributed by atoms with E-state index in [4.69, 9.17) is 18.9 Å². The first kappa shape index (κ1) is 37.8. The quantitative estimate of drug-likeness (QED) is 0.348. The molecule has 3 saturated heterocycles. The van der Waals surface area contributed by atoms with Gasteiger partial charge in [0.05, 0.1) is 17.8 Å². The molecule has 0 saturated carbocycles. The molecule has 3 rings (SSSR count). The fourth-order valence-electron chi connectivity index (χ4n) is 7.42. The number of ether oxygens (including phenoxy) is 4. The third-order valence-electron chi connectivity index (χ3n) is 10.3. The summed E-state index contributed by atoms with van der Waals surface area (Å²) in [5.74, 6) is -2.01. The molecule has 1 N–H and O–H groups in total. The molecule has 10 atom stereocenters. The number of Topliss-reactive ketones (excluding diaryl/α,β-unsaturated/α-hetero) is 1. The van der Waals surface area contributed by atoms with E-state index in [0.29, 0.717) is 32.5 Å². The lowest BCUT2D eigenvalue weighted by Gasteiger charge is -2.47. The molecule has 1 amide bonds. The monoisotopic (exact) mass is 640 g/mol. The molecule has 0 radical (unpaired) electrons. The van der Waals surface area contributed by atoms with Gasteiger partial charge in [-0.3, -0.25) is 19.3 Å². The van der Waals surface area contributed by atoms with Crippen molar-refractivity contribution < 1.29 is 38.4 Å². The second kappa shape index (κ2) is 15.0. The van der Waals surface area contributed by atoms with Crippen molar-refractivity contribution in [2.45, 2.75) is 110 Å². The van der Waals surface area contributed by atoms with Crippen LogP contribution >= 0.6 is 0 Å². The first-order valence-electron chi connectivity index (χ1n) is 16.5. The van der Waals surface area contributed by atoms with Gasteiger partial charge in [0.15, 0.2) is 12.1 Å². The minimum atomic E-state index is -1.55. The maximum Gasteiger partial charge on any atom is 0.319 e. The molecule has 3 aliphatic rings. The highest BCUT2D eigenvalue weighted by molar-refractivity contribution is 6.04. The Labute approximate surface area is 270 Å². The Morgan fingerprint density at radius 2 is 1.62 bits per heavy atom. The zero-order chi connectivity index (χ0) is 34.0. The number of amides is 1. The smallest absolute Gasteiger partial charge is 0.319 e. The van der Waals surface area contributed by atoms with Gasteiger partial charge >= 0.3 is 5.97 Å². The first-order chi connectivity index (χ1) is 20.8. The second-order valence-electron chi connectivity index (χ2n) is 14.9. The van der Waals surface area contributed by atoms with Crippen molar-refractivity contribution >= 4 is 17.7 Å². The summed E-state index contributed by atoms with van der Waals surface area (Å²) in [7, 11) is 9.31. The number of rotatable bonds is 5. The number of carbonyl (C=O) groups is 3. The highest BCUT2D eigenvalue weighted by Crippen LogP contribution is 2.38. The number of cyclic esters (lactones) is 1. The molecule has 12 nitrogen and oxygen atoms in total. The van der Waals surface area contributed by atoms with Crippen molar-refractivity contribution in [3.05, 3.63) is 0 Å². The van der Waals surface area contributed by atoms with Crippen LogP contribution in [0.5, 0.6) is 0 Å². The Morgan fingerprint density at radius 3 is 2.18 bits per heavy atom. The third-order valence-corrected chi connectivity index (χ3v) is 10.3. The zero-order valence-corrected chi connectivity index (χ0v) is 29.7. The molecular formula is C33H60N4O8. The summed E-state index contributed by atoms with van der Waals surface area (Å²) in [5.41, 5.74) is -2.56. The maximum atomic E-state index is 14.3. The van der Waals surface area contributed by atoms with Crippen LogP contribution in [0.2, 0.25) is 0 Å². The summed E-state index contributed by atoms with van der Waals surface area (Å²) in [6.07, 6.45) is -2.72. The van der Waals surface area contributed by atoms with Gasteiger partial charge in [0, 0.05) is 51.8 Å². The van der Waals surface area contributed by atoms with Gasteiger partial charge in [0.25, 0.3) is 0 Å². The van der Waals surface area contributed by atoms with Gasteiger partial charge in [0.2, 0.25) is 5.91 Å². The Balaban J connectivity index is 2.02. The topological polar surface area (TPSA) is 121 Å². The number of esters is 1. The summed E-state index contributed by atoms with van der Waals surface area (Å²) >= 11 is 0. The van der Waals surface area contributed by atoms with Gasteiger partial charge < -0.3 is 38.8 Å². The highest BCUT2D eigenvalue weighted by Gasteiger charge is 2.52. The molecule has 0 aromatic carbocycles. The zero-order valence-electron chi connectivity index (χ0n) is 29.7. The Hall–Kier alpha value is -1.67. The van der Waals surface area contributed by atoms with Crippen LogP contribution in [0, 0.1) is 17.3 Å². The molecule has 0 aromatic heterocycles. The number of likely N-dealkylation sites (N-methyl/N-ethyl adjacent to an activating group) is 3. The van der Waals surface area contributed by atoms with Crippen molar-refractivity contribution in [3.63, 3.8) is 0 Å². The van der Waals surface area contributed by atoms with Crippen molar-refractivity contribution in [2.24, 2.45) is 17.3 Å². The van der Waals surface area contributed by atoms with E-state index in [1.54, 1.807) is 34.8 Å². The molecule has 260 valence electrons. The van der Waals surface area contributed by atoms with Gasteiger partial charge in [-0.1, -0.05) is 13.8 Å². The summed E-state index contributed by atoms with van der Waals surface area (Å²) in [4.78, 5) is 49.9. The van der Waals surface area contributed by atoms with Crippen LogP contribution < -0.4 is 0 Å². The van der Waals surface area contributed by atoms with Crippen LogP contribution in [0.15, 0.2) is 0 Å². The standard InChI is InChI=1S/C33H60N4O8/c1-20-18-33(7,42-12)28(45-30-26(38)24(34(8)9)17-21(2)43-30)22(3)27(39)32(5,6)31(41)44-23(4)25(36(11)19-20)29(40)37-15-13-35(10)14-16-37/h20-26,28,30,38H,13-19H2,1-12H3/t20-,21-,22+,23+,24+,25-,26-,28-,30+,33-/m1/s1. The fraction of sp³-hybridized carbons (Fsp3) is 0.909. The molecule has 0 aromatic rings. The van der Waals surface area contributed by atoms with Crippen LogP contribution in [-0.4, -0.2) is 159 Å². The number of hydrogen-bond acceptors (Lipinski definition) is 11. The molecule has 3 aliphatic heterocycles. The van der Waals surface area contributed by atoms with Crippen LogP contribution in [0.25, 0.3) is 0 Å². The van der Waals surface area contributed by atoms with Crippen LogP contribution in [0.3, 0.4) is 0 Å². The van der Waals surface area contributed by atoms with Gasteiger partial charge in [-0.2, -0.15) is 0 Å². The molecule has 0 spiro atoms. The number of piperazine rings is 1. The number of ketones is 1. The Kier molecular flexibility index (Phi) is 12.6. The predicted octanol–water partition coefficient (Wildman–Crippen LogP) is 1.48. The van der Waals surface area contributed by atoms with Gasteiger partial charge in [0.1, 0.15) is 23.7 Å². The van der Waals surface area contributed by atoms with Gasteiger partial charge in [-0.05, 0) is 81.6 Å². The third kappa shape index (κ3) is 8.44. The van der Waals surface area contributed by atoms with Crippen molar-refractivity contribution in [1.82, 2.24) is 19.6 Å². The number of methoxy groups -OCH3 is 1. The SMILES string of the molecule is CO[C@]1(C)C[C@@H](C)CN(C)[C@@H](C(=O)N2CCN(C)CC2)[C@H](C)OC(=O)C(C)(C)C(=O)[C@H](C)[C@H]1O[C@@H]1O[C@H](C)C[C@H](N(C)C)[C@H]1O. The summed E-state index contributed by atoms with van der Waals surface area (Å²) in [5, 5.41) is 11.3. The molecule has 45 heavy (non-hydrogen) atoms. The minimum absolute atomic E-state index is 0.0153. The number of aliphatic hydroxyl groups is 1. The van der Waals surface area contributed by atoms with E-state index in [1.165, 1.54) is 0 Å². The molecule has 3 fully saturated rings. The molecule has 12 heteroatoms. The summed E-state index contributed by atoms with van der Waals surface area (Å²) in [6.45, 7) is 15.7. The average molecular weight is 641 g/mol. The Morgan fingerprint density at radius 1 is 1.02 bits per heavy atom. The molecule has 0 unspecified atom stereocenters. The number of aliphatic hydroxyl groups excluding tert-OH is 1. The van der Waals surface area contributed by atoms with E-state index < -0.39 is 53.5 Å². The van der Waals surface area contributed by atoms with Crippen molar-refractivity contribution in [1.29, 1.82) is 0 Å². The van der Waals surface area contributed by atoms with E-state index in [2.05, 4.69) is 11.8 Å². The second-order valence-corrected chi connectivity index (χ2v) is 14.9. The fourth-order valence-corrected chi connectivity index (χ4v) is 7.42. The van der Waals surface area contributed by atoms with E-state index in [1.807, 2.05) is 56.7 Å². The summed E-state index contributed by atoms with van der Waals surface area (Å²) in [6, 6.07) is -0.927. The normalized spacial score (nSPS) is 40.0. The molecular weight excluding hydrogens is 580 g/mol. The van der Waals surface area contributed by atoms with E-state index >= 15 is 0 Å². The number of nitrogens with zero attached hydrogens (tertiary/aromatic N) is 4. The van der Waals surface area contributed by atoms with E-state index in [0.717, 1.165) is 13.1 Å². The average Bonchev–Trinajstić information content (AvgIpc) is 2.96. The molecule has 0 bridgehead atoms. The minimum Gasteiger partial charge on any atom is -0.460 e. The number of carbonyl (C=O) groups excluding carboxylic acids is 3. The lowest BCUT2D eigenvalue weighted by molar-refractivity contribution is -0.295. The van der Waals surface area contributed by atoms with E-state index in [9.17, 15) is 19.5 Å². The van der Waals surface area contributed by atoms with Crippen LogP contribution in [0.1, 0.15) is 61.3 Å². The van der Waals surface area contributed by atoms with Crippen molar-refractivity contribution in [2.75, 3.05) is 68.0 Å². The predicted molar refractivity (Wildman–Crippen MR) is 171 cm³/mol. The number of hydrogen-bond donors (Lipinski definition) is 1. The maximum absolute atomic E-state index is 14.3. The Bertz CT molecular complexity index is 1030. The van der Waals surface area contributed by atoms with Crippen molar-refractivity contribution in [3.8, 4) is 0 Å². The van der Waals surface area contributed by atoms with Crippen LogP contribution in [0.4, 0.5) is 0 Å². The lowest BCUT2D eigenvalue weighted by atomic mass is 9.74. The van der Waals surface area contributed by atoms with Gasteiger partial charge in [-0.15, -0.1) is 0 Å². The van der Waals surface area contributed by atoms with Crippen LogP contribution in [-0.2, 0) is 33.3 Å².